The number of anilines is 2. The van der Waals surface area contributed by atoms with E-state index >= 15 is 0 Å². The molecule has 4 heteroatoms. The second kappa shape index (κ2) is 6.89. The third kappa shape index (κ3) is 3.70. The second-order valence-electron chi connectivity index (χ2n) is 4.47. The standard InChI is InChI=1S/C16H18F2N2/c1-2-20(14-7-5-6-13(17)12-14)11-10-19-16-9-4-3-8-15(16)18/h3-9,12,19H,2,10-11H2,1H3. The predicted octanol–water partition coefficient (Wildman–Crippen LogP) is 3.90. The molecule has 0 spiro atoms. The Morgan fingerprint density at radius 3 is 2.55 bits per heavy atom. The van der Waals surface area contributed by atoms with Crippen LogP contribution in [0.4, 0.5) is 20.2 Å². The van der Waals surface area contributed by atoms with Crippen LogP contribution < -0.4 is 10.2 Å². The average molecular weight is 276 g/mol. The van der Waals surface area contributed by atoms with E-state index in [-0.39, 0.29) is 11.6 Å². The first-order valence-electron chi connectivity index (χ1n) is 6.69. The molecule has 2 rings (SSSR count). The maximum Gasteiger partial charge on any atom is 0.146 e. The van der Waals surface area contributed by atoms with Gasteiger partial charge in [0.25, 0.3) is 0 Å². The smallest absolute Gasteiger partial charge is 0.146 e. The summed E-state index contributed by atoms with van der Waals surface area (Å²) in [4.78, 5) is 2.04. The Balaban J connectivity index is 1.93. The molecule has 0 saturated carbocycles. The summed E-state index contributed by atoms with van der Waals surface area (Å²) in [5, 5.41) is 3.05. The van der Waals surface area contributed by atoms with Gasteiger partial charge in [-0.1, -0.05) is 18.2 Å². The zero-order valence-corrected chi connectivity index (χ0v) is 11.4. The minimum absolute atomic E-state index is 0.247. The van der Waals surface area contributed by atoms with Crippen LogP contribution in [-0.4, -0.2) is 19.6 Å². The number of likely N-dealkylation sites (N-methyl/N-ethyl adjacent to an activating group) is 1. The summed E-state index contributed by atoms with van der Waals surface area (Å²) in [6.07, 6.45) is 0. The number of hydrogen-bond donors (Lipinski definition) is 1. The highest BCUT2D eigenvalue weighted by molar-refractivity contribution is 5.48. The third-order valence-corrected chi connectivity index (χ3v) is 3.13. The lowest BCUT2D eigenvalue weighted by molar-refractivity contribution is 0.626. The van der Waals surface area contributed by atoms with E-state index in [1.54, 1.807) is 24.3 Å². The summed E-state index contributed by atoms with van der Waals surface area (Å²) in [6.45, 7) is 4.04. The zero-order chi connectivity index (χ0) is 14.4. The van der Waals surface area contributed by atoms with Gasteiger partial charge in [-0.2, -0.15) is 0 Å². The van der Waals surface area contributed by atoms with Crippen LogP contribution in [-0.2, 0) is 0 Å². The van der Waals surface area contributed by atoms with E-state index in [1.807, 2.05) is 17.9 Å². The maximum absolute atomic E-state index is 13.4. The van der Waals surface area contributed by atoms with Gasteiger partial charge in [-0.15, -0.1) is 0 Å². The normalized spacial score (nSPS) is 10.3. The van der Waals surface area contributed by atoms with Gasteiger partial charge < -0.3 is 10.2 Å². The van der Waals surface area contributed by atoms with Crippen molar-refractivity contribution in [3.63, 3.8) is 0 Å². The summed E-state index contributed by atoms with van der Waals surface area (Å²) >= 11 is 0. The van der Waals surface area contributed by atoms with Crippen molar-refractivity contribution in [3.05, 3.63) is 60.2 Å². The fourth-order valence-electron chi connectivity index (χ4n) is 2.07. The molecule has 0 bridgehead atoms. The molecule has 0 fully saturated rings. The van der Waals surface area contributed by atoms with Crippen molar-refractivity contribution in [3.8, 4) is 0 Å². The molecule has 0 atom stereocenters. The largest absolute Gasteiger partial charge is 0.381 e. The predicted molar refractivity (Wildman–Crippen MR) is 79.2 cm³/mol. The lowest BCUT2D eigenvalue weighted by atomic mass is 10.2. The molecule has 1 N–H and O–H groups in total. The molecule has 0 aliphatic heterocycles. The SMILES string of the molecule is CCN(CCNc1ccccc1F)c1cccc(F)c1. The van der Waals surface area contributed by atoms with Crippen molar-refractivity contribution < 1.29 is 8.78 Å². The number of para-hydroxylation sites is 1. The Morgan fingerprint density at radius 1 is 1.05 bits per heavy atom. The van der Waals surface area contributed by atoms with Crippen LogP contribution in [0.1, 0.15) is 6.92 Å². The van der Waals surface area contributed by atoms with Crippen LogP contribution >= 0.6 is 0 Å². The van der Waals surface area contributed by atoms with Gasteiger partial charge >= 0.3 is 0 Å². The Kier molecular flexibility index (Phi) is 4.93. The average Bonchev–Trinajstić information content (AvgIpc) is 2.45. The molecule has 0 aromatic heterocycles. The topological polar surface area (TPSA) is 15.3 Å². The fraction of sp³-hybridized carbons (Fsp3) is 0.250. The van der Waals surface area contributed by atoms with E-state index in [1.165, 1.54) is 18.2 Å². The Bertz CT molecular complexity index is 558. The first kappa shape index (κ1) is 14.3. The molecule has 0 amide bonds. The van der Waals surface area contributed by atoms with E-state index < -0.39 is 0 Å². The molecule has 0 heterocycles. The molecular weight excluding hydrogens is 258 g/mol. The third-order valence-electron chi connectivity index (χ3n) is 3.13. The molecule has 2 aromatic rings. The van der Waals surface area contributed by atoms with Crippen molar-refractivity contribution in [1.82, 2.24) is 0 Å². The minimum Gasteiger partial charge on any atom is -0.381 e. The van der Waals surface area contributed by atoms with Crippen LogP contribution in [0.5, 0.6) is 0 Å². The molecule has 0 aliphatic carbocycles. The van der Waals surface area contributed by atoms with Gasteiger partial charge in [-0.3, -0.25) is 0 Å². The first-order valence-corrected chi connectivity index (χ1v) is 6.69. The van der Waals surface area contributed by atoms with E-state index in [0.29, 0.717) is 18.8 Å². The molecule has 20 heavy (non-hydrogen) atoms. The summed E-state index contributed by atoms with van der Waals surface area (Å²) in [5.74, 6) is -0.510. The quantitative estimate of drug-likeness (QED) is 0.860. The zero-order valence-electron chi connectivity index (χ0n) is 11.4. The van der Waals surface area contributed by atoms with Gasteiger partial charge in [0.1, 0.15) is 11.6 Å². The maximum atomic E-state index is 13.4. The van der Waals surface area contributed by atoms with Crippen LogP contribution in [0.25, 0.3) is 0 Å². The molecular formula is C16H18F2N2. The molecule has 2 nitrogen and oxygen atoms in total. The van der Waals surface area contributed by atoms with Crippen LogP contribution in [0.2, 0.25) is 0 Å². The lowest BCUT2D eigenvalue weighted by Gasteiger charge is -2.23. The Morgan fingerprint density at radius 2 is 1.85 bits per heavy atom. The van der Waals surface area contributed by atoms with Gasteiger partial charge in [0, 0.05) is 25.3 Å². The second-order valence-corrected chi connectivity index (χ2v) is 4.47. The first-order chi connectivity index (χ1) is 9.70. The number of benzene rings is 2. The van der Waals surface area contributed by atoms with E-state index in [9.17, 15) is 8.78 Å². The highest BCUT2D eigenvalue weighted by atomic mass is 19.1. The van der Waals surface area contributed by atoms with E-state index in [2.05, 4.69) is 5.32 Å². The summed E-state index contributed by atoms with van der Waals surface area (Å²) in [7, 11) is 0. The van der Waals surface area contributed by atoms with Crippen LogP contribution in [0, 0.1) is 11.6 Å². The number of halogens is 2. The molecule has 2 aromatic carbocycles. The number of hydrogen-bond acceptors (Lipinski definition) is 2. The highest BCUT2D eigenvalue weighted by Crippen LogP contribution is 2.16. The van der Waals surface area contributed by atoms with Crippen LogP contribution in [0.15, 0.2) is 48.5 Å². The van der Waals surface area contributed by atoms with Gasteiger partial charge in [0.15, 0.2) is 0 Å². The fourth-order valence-corrected chi connectivity index (χ4v) is 2.07. The van der Waals surface area contributed by atoms with E-state index in [4.69, 9.17) is 0 Å². The van der Waals surface area contributed by atoms with Crippen LogP contribution in [0.3, 0.4) is 0 Å². The van der Waals surface area contributed by atoms with Gasteiger partial charge in [-0.25, -0.2) is 8.78 Å². The molecule has 0 aliphatic rings. The monoisotopic (exact) mass is 276 g/mol. The number of nitrogens with zero attached hydrogens (tertiary/aromatic N) is 1. The molecule has 106 valence electrons. The van der Waals surface area contributed by atoms with Crippen molar-refractivity contribution in [2.45, 2.75) is 6.92 Å². The summed E-state index contributed by atoms with van der Waals surface area (Å²) < 4.78 is 26.7. The summed E-state index contributed by atoms with van der Waals surface area (Å²) in [6, 6.07) is 13.1. The van der Waals surface area contributed by atoms with Crippen molar-refractivity contribution in [2.24, 2.45) is 0 Å². The highest BCUT2D eigenvalue weighted by Gasteiger charge is 2.05. The molecule has 0 unspecified atom stereocenters. The van der Waals surface area contributed by atoms with Gasteiger partial charge in [0.05, 0.1) is 5.69 Å². The number of rotatable bonds is 6. The molecule has 0 saturated heterocycles. The van der Waals surface area contributed by atoms with E-state index in [0.717, 1.165) is 12.2 Å². The Labute approximate surface area is 118 Å². The van der Waals surface area contributed by atoms with Gasteiger partial charge in [-0.05, 0) is 37.3 Å². The lowest BCUT2D eigenvalue weighted by Crippen LogP contribution is -2.28. The Hall–Kier alpha value is -2.10. The van der Waals surface area contributed by atoms with Gasteiger partial charge in [0.2, 0.25) is 0 Å². The summed E-state index contributed by atoms with van der Waals surface area (Å²) in [5.41, 5.74) is 1.32. The number of nitrogens with one attached hydrogen (secondary N) is 1. The van der Waals surface area contributed by atoms with Crippen molar-refractivity contribution in [2.75, 3.05) is 29.9 Å². The minimum atomic E-state index is -0.263. The van der Waals surface area contributed by atoms with Crippen molar-refractivity contribution >= 4 is 11.4 Å². The molecule has 0 radical (unpaired) electrons. The van der Waals surface area contributed by atoms with Crippen molar-refractivity contribution in [1.29, 1.82) is 0 Å².